The van der Waals surface area contributed by atoms with E-state index in [1.165, 1.54) is 0 Å². The van der Waals surface area contributed by atoms with Crippen LogP contribution in [0.2, 0.25) is 0 Å². The summed E-state index contributed by atoms with van der Waals surface area (Å²) in [7, 11) is 0. The van der Waals surface area contributed by atoms with E-state index in [1.54, 1.807) is 0 Å². The van der Waals surface area contributed by atoms with Gasteiger partial charge in [-0.15, -0.1) is 0 Å². The molecule has 4 aliphatic rings. The Morgan fingerprint density at radius 1 is 1.22 bits per heavy atom. The van der Waals surface area contributed by atoms with Crippen LogP contribution in [0.15, 0.2) is 10.6 Å². The Labute approximate surface area is 164 Å². The lowest BCUT2D eigenvalue weighted by molar-refractivity contribution is -0.182. The van der Waals surface area contributed by atoms with Gasteiger partial charge in [0.2, 0.25) is 0 Å². The SMILES string of the molecule is C[C@]12CCC(=O)C(Cl)=C1CC[C@@H]1[C@@H]2[C@@H](O)C[C@@]2(C)[C@H]1CC[C@]2(O)C(=O)CO. The molecule has 0 aromatic carbocycles. The second-order valence-corrected chi connectivity index (χ2v) is 10.0. The van der Waals surface area contributed by atoms with Gasteiger partial charge < -0.3 is 15.3 Å². The summed E-state index contributed by atoms with van der Waals surface area (Å²) in [5.41, 5.74) is -1.63. The van der Waals surface area contributed by atoms with Crippen molar-refractivity contribution in [1.29, 1.82) is 0 Å². The molecular formula is C21H29ClO5. The van der Waals surface area contributed by atoms with Crippen LogP contribution in [0.3, 0.4) is 0 Å². The lowest BCUT2D eigenvalue weighted by Gasteiger charge is -2.60. The highest BCUT2D eigenvalue weighted by atomic mass is 35.5. The van der Waals surface area contributed by atoms with Gasteiger partial charge in [-0.05, 0) is 67.3 Å². The second-order valence-electron chi connectivity index (χ2n) is 9.64. The fourth-order valence-corrected chi connectivity index (χ4v) is 7.78. The molecule has 0 amide bonds. The number of Topliss-reactive ketones (excluding diaryl/α,β-unsaturated/α-hetero) is 2. The third-order valence-electron chi connectivity index (χ3n) is 8.74. The van der Waals surface area contributed by atoms with E-state index < -0.39 is 29.5 Å². The summed E-state index contributed by atoms with van der Waals surface area (Å²) in [5.74, 6) is -0.270. The Balaban J connectivity index is 1.76. The summed E-state index contributed by atoms with van der Waals surface area (Å²) in [6.07, 6.45) is 3.34. The van der Waals surface area contributed by atoms with Crippen molar-refractivity contribution in [2.75, 3.05) is 6.61 Å². The molecular weight excluding hydrogens is 368 g/mol. The normalized spacial score (nSPS) is 49.5. The number of aliphatic hydroxyl groups is 3. The van der Waals surface area contributed by atoms with E-state index >= 15 is 0 Å². The highest BCUT2D eigenvalue weighted by Crippen LogP contribution is 2.68. The van der Waals surface area contributed by atoms with E-state index in [-0.39, 0.29) is 29.0 Å². The van der Waals surface area contributed by atoms with Crippen molar-refractivity contribution in [2.24, 2.45) is 28.6 Å². The predicted octanol–water partition coefficient (Wildman–Crippen LogP) is 2.35. The van der Waals surface area contributed by atoms with Gasteiger partial charge in [0.1, 0.15) is 12.2 Å². The number of fused-ring (bicyclic) bond motifs is 5. The number of hydrogen-bond donors (Lipinski definition) is 3. The molecule has 0 aliphatic heterocycles. The molecule has 5 nitrogen and oxygen atoms in total. The van der Waals surface area contributed by atoms with Crippen LogP contribution in [-0.2, 0) is 9.59 Å². The van der Waals surface area contributed by atoms with E-state index in [0.717, 1.165) is 18.4 Å². The highest BCUT2D eigenvalue weighted by Gasteiger charge is 2.68. The summed E-state index contributed by atoms with van der Waals surface area (Å²) in [6.45, 7) is 3.36. The molecule has 0 radical (unpaired) electrons. The van der Waals surface area contributed by atoms with Crippen LogP contribution in [0.1, 0.15) is 58.8 Å². The first kappa shape index (κ1) is 19.6. The number of ketones is 2. The van der Waals surface area contributed by atoms with E-state index in [2.05, 4.69) is 6.92 Å². The number of aliphatic hydroxyl groups excluding tert-OH is 2. The molecule has 150 valence electrons. The molecule has 0 heterocycles. The fourth-order valence-electron chi connectivity index (χ4n) is 7.37. The first-order valence-electron chi connectivity index (χ1n) is 10.1. The van der Waals surface area contributed by atoms with Crippen molar-refractivity contribution in [3.8, 4) is 0 Å². The number of carbonyl (C=O) groups excluding carboxylic acids is 2. The Bertz CT molecular complexity index is 732. The molecule has 0 saturated heterocycles. The third kappa shape index (κ3) is 2.35. The predicted molar refractivity (Wildman–Crippen MR) is 99.9 cm³/mol. The van der Waals surface area contributed by atoms with Crippen LogP contribution in [0.4, 0.5) is 0 Å². The summed E-state index contributed by atoms with van der Waals surface area (Å²) >= 11 is 6.39. The smallest absolute Gasteiger partial charge is 0.190 e. The van der Waals surface area contributed by atoms with Crippen LogP contribution in [-0.4, -0.2) is 45.2 Å². The monoisotopic (exact) mass is 396 g/mol. The zero-order valence-corrected chi connectivity index (χ0v) is 16.8. The molecule has 0 bridgehead atoms. The van der Waals surface area contributed by atoms with Crippen LogP contribution < -0.4 is 0 Å². The molecule has 0 spiro atoms. The molecule has 0 aromatic rings. The molecule has 3 fully saturated rings. The topological polar surface area (TPSA) is 94.8 Å². The van der Waals surface area contributed by atoms with Gasteiger partial charge in [0.15, 0.2) is 11.6 Å². The average molecular weight is 397 g/mol. The van der Waals surface area contributed by atoms with Gasteiger partial charge in [0, 0.05) is 11.8 Å². The maximum atomic E-state index is 12.4. The quantitative estimate of drug-likeness (QED) is 0.666. The van der Waals surface area contributed by atoms with E-state index in [1.807, 2.05) is 6.92 Å². The minimum atomic E-state index is -1.57. The molecule has 0 unspecified atom stereocenters. The Hall–Kier alpha value is -0.750. The third-order valence-corrected chi connectivity index (χ3v) is 9.18. The van der Waals surface area contributed by atoms with E-state index in [9.17, 15) is 24.9 Å². The van der Waals surface area contributed by atoms with Gasteiger partial charge in [-0.1, -0.05) is 25.4 Å². The van der Waals surface area contributed by atoms with Gasteiger partial charge in [-0.3, -0.25) is 9.59 Å². The minimum Gasteiger partial charge on any atom is -0.393 e. The van der Waals surface area contributed by atoms with Gasteiger partial charge in [-0.2, -0.15) is 0 Å². The van der Waals surface area contributed by atoms with Gasteiger partial charge in [0.05, 0.1) is 11.1 Å². The molecule has 7 atom stereocenters. The Morgan fingerprint density at radius 3 is 2.59 bits per heavy atom. The molecule has 6 heteroatoms. The Morgan fingerprint density at radius 2 is 1.93 bits per heavy atom. The summed E-state index contributed by atoms with van der Waals surface area (Å²) < 4.78 is 0. The summed E-state index contributed by atoms with van der Waals surface area (Å²) in [5, 5.41) is 32.2. The molecule has 3 saturated carbocycles. The maximum absolute atomic E-state index is 12.4. The maximum Gasteiger partial charge on any atom is 0.190 e. The second kappa shape index (κ2) is 6.12. The summed E-state index contributed by atoms with van der Waals surface area (Å²) in [6, 6.07) is 0. The van der Waals surface area contributed by atoms with Crippen LogP contribution >= 0.6 is 11.6 Å². The molecule has 4 aliphatic carbocycles. The van der Waals surface area contributed by atoms with Crippen molar-refractivity contribution in [2.45, 2.75) is 70.5 Å². The number of hydrogen-bond acceptors (Lipinski definition) is 5. The van der Waals surface area contributed by atoms with Gasteiger partial charge >= 0.3 is 0 Å². The largest absolute Gasteiger partial charge is 0.393 e. The summed E-state index contributed by atoms with van der Waals surface area (Å²) in [4.78, 5) is 24.5. The van der Waals surface area contributed by atoms with Crippen LogP contribution in [0.25, 0.3) is 0 Å². The van der Waals surface area contributed by atoms with E-state index in [0.29, 0.717) is 37.1 Å². The van der Waals surface area contributed by atoms with Crippen LogP contribution in [0.5, 0.6) is 0 Å². The Kier molecular flexibility index (Phi) is 4.44. The highest BCUT2D eigenvalue weighted by molar-refractivity contribution is 6.43. The van der Waals surface area contributed by atoms with Gasteiger partial charge in [0.25, 0.3) is 0 Å². The van der Waals surface area contributed by atoms with Crippen molar-refractivity contribution >= 4 is 23.2 Å². The number of allylic oxidation sites excluding steroid dienone is 1. The van der Waals surface area contributed by atoms with Crippen molar-refractivity contribution in [1.82, 2.24) is 0 Å². The first-order valence-corrected chi connectivity index (χ1v) is 10.4. The number of rotatable bonds is 2. The average Bonchev–Trinajstić information content (AvgIpc) is 2.89. The van der Waals surface area contributed by atoms with Crippen molar-refractivity contribution in [3.63, 3.8) is 0 Å². The zero-order chi connectivity index (χ0) is 19.8. The standard InChI is InChI=1S/C21H29ClO5/c1-19-7-6-14(24)18(22)13(19)4-3-11-12-5-8-21(27,16(26)10-23)20(12,2)9-15(25)17(11)19/h11-12,15,17,23,25,27H,3-10H2,1-2H3/t11-,12-,15-,17+,19-,20-,21-/m0/s1. The fraction of sp³-hybridized carbons (Fsp3) is 0.810. The molecule has 0 aromatic heterocycles. The molecule has 3 N–H and O–H groups in total. The lowest BCUT2D eigenvalue weighted by atomic mass is 9.45. The minimum absolute atomic E-state index is 0.00140. The van der Waals surface area contributed by atoms with Crippen molar-refractivity contribution in [3.05, 3.63) is 10.6 Å². The number of halogens is 1. The van der Waals surface area contributed by atoms with Crippen LogP contribution in [0, 0.1) is 28.6 Å². The molecule has 27 heavy (non-hydrogen) atoms. The van der Waals surface area contributed by atoms with Gasteiger partial charge in [-0.25, -0.2) is 0 Å². The lowest BCUT2D eigenvalue weighted by Crippen LogP contribution is -2.62. The van der Waals surface area contributed by atoms with Crippen molar-refractivity contribution < 1.29 is 24.9 Å². The zero-order valence-electron chi connectivity index (χ0n) is 16.0. The molecule has 4 rings (SSSR count). The first-order chi connectivity index (χ1) is 12.6. The van der Waals surface area contributed by atoms with E-state index in [4.69, 9.17) is 11.6 Å². The number of carbonyl (C=O) groups is 2.